The standard InChI is InChI=1S/C14H29N/c1-4-13(2)11-14(3)12-15-9-7-5-6-8-10-15/h13-14H,4-12H2,1-3H3. The minimum Gasteiger partial charge on any atom is -0.303 e. The third kappa shape index (κ3) is 5.55. The Morgan fingerprint density at radius 3 is 2.07 bits per heavy atom. The molecule has 0 N–H and O–H groups in total. The first-order valence-corrected chi connectivity index (χ1v) is 6.94. The Morgan fingerprint density at radius 1 is 0.933 bits per heavy atom. The summed E-state index contributed by atoms with van der Waals surface area (Å²) in [6.07, 6.45) is 8.51. The molecule has 90 valence electrons. The summed E-state index contributed by atoms with van der Waals surface area (Å²) in [6.45, 7) is 11.2. The highest BCUT2D eigenvalue weighted by Gasteiger charge is 2.13. The fraction of sp³-hybridized carbons (Fsp3) is 1.00. The maximum Gasteiger partial charge on any atom is 0.000712 e. The number of hydrogen-bond acceptors (Lipinski definition) is 1. The van der Waals surface area contributed by atoms with Crippen LogP contribution in [-0.2, 0) is 0 Å². The van der Waals surface area contributed by atoms with Crippen LogP contribution in [0.5, 0.6) is 0 Å². The van der Waals surface area contributed by atoms with Gasteiger partial charge >= 0.3 is 0 Å². The largest absolute Gasteiger partial charge is 0.303 e. The number of nitrogens with zero attached hydrogens (tertiary/aromatic N) is 1. The highest BCUT2D eigenvalue weighted by Crippen LogP contribution is 2.17. The molecule has 2 atom stereocenters. The lowest BCUT2D eigenvalue weighted by molar-refractivity contribution is 0.227. The summed E-state index contributed by atoms with van der Waals surface area (Å²) in [4.78, 5) is 2.69. The molecule has 0 aromatic carbocycles. The second-order valence-electron chi connectivity index (χ2n) is 5.57. The second-order valence-corrected chi connectivity index (χ2v) is 5.57. The van der Waals surface area contributed by atoms with Crippen LogP contribution in [0.2, 0.25) is 0 Å². The molecule has 1 heteroatoms. The molecule has 1 aliphatic rings. The lowest BCUT2D eigenvalue weighted by Crippen LogP contribution is -2.30. The van der Waals surface area contributed by atoms with Crippen LogP contribution in [-0.4, -0.2) is 24.5 Å². The first-order chi connectivity index (χ1) is 7.22. The van der Waals surface area contributed by atoms with Crippen LogP contribution >= 0.6 is 0 Å². The summed E-state index contributed by atoms with van der Waals surface area (Å²) in [5.74, 6) is 1.80. The van der Waals surface area contributed by atoms with Crippen molar-refractivity contribution in [3.8, 4) is 0 Å². The van der Waals surface area contributed by atoms with Gasteiger partial charge in [0.2, 0.25) is 0 Å². The van der Waals surface area contributed by atoms with Crippen LogP contribution in [0.1, 0.15) is 59.3 Å². The monoisotopic (exact) mass is 211 g/mol. The lowest BCUT2D eigenvalue weighted by atomic mass is 9.95. The SMILES string of the molecule is CCC(C)CC(C)CN1CCCCCC1. The van der Waals surface area contributed by atoms with Gasteiger partial charge in [-0.15, -0.1) is 0 Å². The molecule has 0 saturated carbocycles. The lowest BCUT2D eigenvalue weighted by Gasteiger charge is -2.25. The highest BCUT2D eigenvalue weighted by atomic mass is 15.1. The predicted octanol–water partition coefficient (Wildman–Crippen LogP) is 3.93. The van der Waals surface area contributed by atoms with Crippen LogP contribution in [0, 0.1) is 11.8 Å². The molecule has 1 saturated heterocycles. The molecular weight excluding hydrogens is 182 g/mol. The molecule has 1 heterocycles. The zero-order valence-corrected chi connectivity index (χ0v) is 11.0. The molecule has 0 spiro atoms. The van der Waals surface area contributed by atoms with E-state index in [1.807, 2.05) is 0 Å². The van der Waals surface area contributed by atoms with Crippen LogP contribution < -0.4 is 0 Å². The van der Waals surface area contributed by atoms with E-state index >= 15 is 0 Å². The van der Waals surface area contributed by atoms with Crippen LogP contribution in [0.3, 0.4) is 0 Å². The average molecular weight is 211 g/mol. The van der Waals surface area contributed by atoms with Crippen LogP contribution in [0.15, 0.2) is 0 Å². The summed E-state index contributed by atoms with van der Waals surface area (Å²) in [5.41, 5.74) is 0. The Morgan fingerprint density at radius 2 is 1.53 bits per heavy atom. The van der Waals surface area contributed by atoms with Crippen molar-refractivity contribution >= 4 is 0 Å². The van der Waals surface area contributed by atoms with Gasteiger partial charge in [0.1, 0.15) is 0 Å². The molecule has 0 aromatic rings. The first-order valence-electron chi connectivity index (χ1n) is 6.94. The van der Waals surface area contributed by atoms with E-state index in [4.69, 9.17) is 0 Å². The fourth-order valence-corrected chi connectivity index (χ4v) is 2.69. The van der Waals surface area contributed by atoms with Crippen molar-refractivity contribution < 1.29 is 0 Å². The molecule has 0 aliphatic carbocycles. The molecule has 1 aliphatic heterocycles. The van der Waals surface area contributed by atoms with Gasteiger partial charge in [-0.1, -0.05) is 40.0 Å². The Bertz CT molecular complexity index is 147. The van der Waals surface area contributed by atoms with E-state index in [0.717, 1.165) is 11.8 Å². The second kappa shape index (κ2) is 7.27. The van der Waals surface area contributed by atoms with Gasteiger partial charge < -0.3 is 4.90 Å². The molecule has 0 radical (unpaired) electrons. The van der Waals surface area contributed by atoms with Crippen molar-refractivity contribution in [2.75, 3.05) is 19.6 Å². The molecular formula is C14H29N. The summed E-state index contributed by atoms with van der Waals surface area (Å²) in [7, 11) is 0. The molecule has 1 rings (SSSR count). The Labute approximate surface area is 96.2 Å². The van der Waals surface area contributed by atoms with Gasteiger partial charge in [0.05, 0.1) is 0 Å². The highest BCUT2D eigenvalue weighted by molar-refractivity contribution is 4.68. The molecule has 0 bridgehead atoms. The van der Waals surface area contributed by atoms with Crippen molar-refractivity contribution in [3.63, 3.8) is 0 Å². The van der Waals surface area contributed by atoms with Gasteiger partial charge in [0.25, 0.3) is 0 Å². The third-order valence-electron chi connectivity index (χ3n) is 3.77. The van der Waals surface area contributed by atoms with Gasteiger partial charge in [-0.2, -0.15) is 0 Å². The quantitative estimate of drug-likeness (QED) is 0.666. The minimum absolute atomic E-state index is 0.887. The van der Waals surface area contributed by atoms with Crippen LogP contribution in [0.25, 0.3) is 0 Å². The molecule has 1 nitrogen and oxygen atoms in total. The summed E-state index contributed by atoms with van der Waals surface area (Å²) in [6, 6.07) is 0. The normalized spacial score (nSPS) is 23.4. The minimum atomic E-state index is 0.887. The van der Waals surface area contributed by atoms with Gasteiger partial charge in [0, 0.05) is 6.54 Å². The third-order valence-corrected chi connectivity index (χ3v) is 3.77. The number of rotatable bonds is 5. The summed E-state index contributed by atoms with van der Waals surface area (Å²) >= 11 is 0. The fourth-order valence-electron chi connectivity index (χ4n) is 2.69. The van der Waals surface area contributed by atoms with E-state index < -0.39 is 0 Å². The number of hydrogen-bond donors (Lipinski definition) is 0. The smallest absolute Gasteiger partial charge is 0.000712 e. The van der Waals surface area contributed by atoms with Crippen molar-refractivity contribution in [1.82, 2.24) is 4.90 Å². The first kappa shape index (κ1) is 13.0. The zero-order chi connectivity index (χ0) is 11.1. The van der Waals surface area contributed by atoms with Gasteiger partial charge in [-0.05, 0) is 44.2 Å². The van der Waals surface area contributed by atoms with E-state index in [1.165, 1.54) is 58.2 Å². The Hall–Kier alpha value is -0.0400. The Balaban J connectivity index is 2.20. The summed E-state index contributed by atoms with van der Waals surface area (Å²) in [5, 5.41) is 0. The molecule has 2 unspecified atom stereocenters. The maximum atomic E-state index is 2.69. The Kier molecular flexibility index (Phi) is 6.31. The van der Waals surface area contributed by atoms with Crippen molar-refractivity contribution in [1.29, 1.82) is 0 Å². The molecule has 0 aromatic heterocycles. The van der Waals surface area contributed by atoms with E-state index in [2.05, 4.69) is 25.7 Å². The van der Waals surface area contributed by atoms with Gasteiger partial charge in [-0.25, -0.2) is 0 Å². The van der Waals surface area contributed by atoms with Crippen molar-refractivity contribution in [2.24, 2.45) is 11.8 Å². The van der Waals surface area contributed by atoms with E-state index in [-0.39, 0.29) is 0 Å². The van der Waals surface area contributed by atoms with Crippen molar-refractivity contribution in [2.45, 2.75) is 59.3 Å². The van der Waals surface area contributed by atoms with Crippen LogP contribution in [0.4, 0.5) is 0 Å². The predicted molar refractivity (Wildman–Crippen MR) is 68.1 cm³/mol. The van der Waals surface area contributed by atoms with E-state index in [0.29, 0.717) is 0 Å². The maximum absolute atomic E-state index is 2.69. The van der Waals surface area contributed by atoms with Crippen molar-refractivity contribution in [3.05, 3.63) is 0 Å². The topological polar surface area (TPSA) is 3.24 Å². The van der Waals surface area contributed by atoms with E-state index in [9.17, 15) is 0 Å². The number of likely N-dealkylation sites (tertiary alicyclic amines) is 1. The molecule has 1 fully saturated rings. The molecule has 0 amide bonds. The summed E-state index contributed by atoms with van der Waals surface area (Å²) < 4.78 is 0. The van der Waals surface area contributed by atoms with Gasteiger partial charge in [0.15, 0.2) is 0 Å². The average Bonchev–Trinajstić information content (AvgIpc) is 2.46. The van der Waals surface area contributed by atoms with Gasteiger partial charge in [-0.3, -0.25) is 0 Å². The molecule has 15 heavy (non-hydrogen) atoms. The van der Waals surface area contributed by atoms with E-state index in [1.54, 1.807) is 0 Å². The zero-order valence-electron chi connectivity index (χ0n) is 11.0.